The Kier molecular flexibility index (Phi) is 3.59. The normalized spacial score (nSPS) is 22.1. The zero-order chi connectivity index (χ0) is 13.3. The van der Waals surface area contributed by atoms with E-state index >= 15 is 0 Å². The summed E-state index contributed by atoms with van der Waals surface area (Å²) >= 11 is 0. The predicted molar refractivity (Wildman–Crippen MR) is 72.9 cm³/mol. The van der Waals surface area contributed by atoms with Crippen LogP contribution in [0.1, 0.15) is 25.3 Å². The molecule has 1 aromatic rings. The van der Waals surface area contributed by atoms with Crippen molar-refractivity contribution in [2.75, 3.05) is 6.54 Å². The van der Waals surface area contributed by atoms with Gasteiger partial charge in [-0.15, -0.1) is 0 Å². The molecule has 1 aliphatic rings. The van der Waals surface area contributed by atoms with Crippen molar-refractivity contribution < 1.29 is 8.42 Å². The van der Waals surface area contributed by atoms with Crippen LogP contribution in [0.4, 0.5) is 0 Å². The fraction of sp³-hybridized carbons (Fsp3) is 0.429. The minimum atomic E-state index is -3.39. The maximum Gasteiger partial charge on any atom is 0.243 e. The molecule has 1 unspecified atom stereocenters. The molecule has 1 saturated heterocycles. The molecular weight excluding hydrogens is 246 g/mol. The summed E-state index contributed by atoms with van der Waals surface area (Å²) in [4.78, 5) is 0.370. The van der Waals surface area contributed by atoms with Crippen molar-refractivity contribution >= 4 is 10.0 Å². The molecule has 98 valence electrons. The topological polar surface area (TPSA) is 37.4 Å². The monoisotopic (exact) mass is 265 g/mol. The van der Waals surface area contributed by atoms with E-state index in [4.69, 9.17) is 0 Å². The van der Waals surface area contributed by atoms with E-state index in [2.05, 4.69) is 6.58 Å². The average molecular weight is 265 g/mol. The summed E-state index contributed by atoms with van der Waals surface area (Å²) < 4.78 is 26.6. The first-order valence-electron chi connectivity index (χ1n) is 6.16. The molecule has 1 aromatic carbocycles. The lowest BCUT2D eigenvalue weighted by Gasteiger charge is -2.33. The lowest BCUT2D eigenvalue weighted by atomic mass is 10.0. The zero-order valence-electron chi connectivity index (χ0n) is 10.9. The first-order chi connectivity index (χ1) is 8.41. The van der Waals surface area contributed by atoms with Crippen molar-refractivity contribution in [3.05, 3.63) is 42.0 Å². The maximum atomic E-state index is 12.5. The summed E-state index contributed by atoms with van der Waals surface area (Å²) in [7, 11) is -3.39. The van der Waals surface area contributed by atoms with Gasteiger partial charge >= 0.3 is 0 Å². The van der Waals surface area contributed by atoms with Crippen LogP contribution in [0.2, 0.25) is 0 Å². The second kappa shape index (κ2) is 4.86. The van der Waals surface area contributed by atoms with Crippen molar-refractivity contribution in [1.82, 2.24) is 4.31 Å². The summed E-state index contributed by atoms with van der Waals surface area (Å²) in [5, 5.41) is 0. The highest BCUT2D eigenvalue weighted by Crippen LogP contribution is 2.26. The van der Waals surface area contributed by atoms with Gasteiger partial charge in [-0.05, 0) is 38.8 Å². The van der Waals surface area contributed by atoms with Gasteiger partial charge in [0.05, 0.1) is 4.90 Å². The Hall–Kier alpha value is -1.13. The molecule has 0 radical (unpaired) electrons. The molecule has 0 bridgehead atoms. The van der Waals surface area contributed by atoms with Gasteiger partial charge in [0.2, 0.25) is 10.0 Å². The summed E-state index contributed by atoms with van der Waals surface area (Å²) in [6, 6.07) is 7.05. The summed E-state index contributed by atoms with van der Waals surface area (Å²) in [6.45, 7) is 8.26. The van der Waals surface area contributed by atoms with Crippen molar-refractivity contribution in [3.8, 4) is 0 Å². The van der Waals surface area contributed by atoms with Crippen LogP contribution in [0, 0.1) is 6.92 Å². The highest BCUT2D eigenvalue weighted by atomic mass is 32.2. The molecule has 1 atom stereocenters. The number of rotatable bonds is 2. The van der Waals surface area contributed by atoms with Gasteiger partial charge in [-0.2, -0.15) is 4.31 Å². The number of nitrogens with zero attached hydrogens (tertiary/aromatic N) is 1. The van der Waals surface area contributed by atoms with Crippen LogP contribution in [-0.4, -0.2) is 25.3 Å². The number of piperidine rings is 1. The van der Waals surface area contributed by atoms with Gasteiger partial charge in [0.15, 0.2) is 0 Å². The third kappa shape index (κ3) is 2.49. The van der Waals surface area contributed by atoms with E-state index in [-0.39, 0.29) is 6.04 Å². The van der Waals surface area contributed by atoms with E-state index in [1.807, 2.05) is 26.0 Å². The summed E-state index contributed by atoms with van der Waals surface area (Å²) in [5.41, 5.74) is 2.05. The summed E-state index contributed by atoms with van der Waals surface area (Å²) in [6.07, 6.45) is 1.77. The van der Waals surface area contributed by atoms with Crippen molar-refractivity contribution in [2.45, 2.75) is 37.6 Å². The molecular formula is C14H19NO2S. The Morgan fingerprint density at radius 1 is 1.28 bits per heavy atom. The third-order valence-corrected chi connectivity index (χ3v) is 5.39. The van der Waals surface area contributed by atoms with E-state index < -0.39 is 10.0 Å². The summed E-state index contributed by atoms with van der Waals surface area (Å²) in [5.74, 6) is 0. The van der Waals surface area contributed by atoms with E-state index in [1.165, 1.54) is 0 Å². The van der Waals surface area contributed by atoms with Crippen LogP contribution < -0.4 is 0 Å². The smallest absolute Gasteiger partial charge is 0.207 e. The van der Waals surface area contributed by atoms with E-state index in [0.29, 0.717) is 11.4 Å². The Balaban J connectivity index is 2.35. The van der Waals surface area contributed by atoms with Gasteiger partial charge in [-0.1, -0.05) is 29.8 Å². The fourth-order valence-electron chi connectivity index (χ4n) is 2.18. The standard InChI is InChI=1S/C14H19NO2S/c1-11-5-8-14(9-6-11)18(16,17)15-10-12(2)4-7-13(15)3/h5-6,8-9,13H,2,4,7,10H2,1,3H3. The minimum absolute atomic E-state index is 0.0433. The number of aryl methyl sites for hydroxylation is 1. The van der Waals surface area contributed by atoms with Crippen molar-refractivity contribution in [2.24, 2.45) is 0 Å². The van der Waals surface area contributed by atoms with Crippen LogP contribution >= 0.6 is 0 Å². The Bertz CT molecular complexity index is 546. The fourth-order valence-corrected chi connectivity index (χ4v) is 3.86. The molecule has 0 spiro atoms. The molecule has 4 heteroatoms. The first kappa shape index (κ1) is 13.3. The molecule has 3 nitrogen and oxygen atoms in total. The number of hydrogen-bond donors (Lipinski definition) is 0. The second-order valence-electron chi connectivity index (χ2n) is 5.00. The number of benzene rings is 1. The Morgan fingerprint density at radius 2 is 1.89 bits per heavy atom. The lowest BCUT2D eigenvalue weighted by molar-refractivity contribution is 0.309. The first-order valence-corrected chi connectivity index (χ1v) is 7.60. The molecule has 1 heterocycles. The van der Waals surface area contributed by atoms with Gasteiger partial charge in [-0.3, -0.25) is 0 Å². The van der Waals surface area contributed by atoms with Crippen LogP contribution in [0.5, 0.6) is 0 Å². The number of hydrogen-bond acceptors (Lipinski definition) is 2. The average Bonchev–Trinajstić information content (AvgIpc) is 2.32. The largest absolute Gasteiger partial charge is 0.243 e. The van der Waals surface area contributed by atoms with Crippen LogP contribution in [0.25, 0.3) is 0 Å². The van der Waals surface area contributed by atoms with Crippen LogP contribution in [0.15, 0.2) is 41.3 Å². The lowest BCUT2D eigenvalue weighted by Crippen LogP contribution is -2.42. The molecule has 18 heavy (non-hydrogen) atoms. The Morgan fingerprint density at radius 3 is 2.50 bits per heavy atom. The van der Waals surface area contributed by atoms with Gasteiger partial charge in [0.1, 0.15) is 0 Å². The van der Waals surface area contributed by atoms with Gasteiger partial charge in [0, 0.05) is 12.6 Å². The molecule has 0 amide bonds. The van der Waals surface area contributed by atoms with Crippen LogP contribution in [-0.2, 0) is 10.0 Å². The second-order valence-corrected chi connectivity index (χ2v) is 6.89. The van der Waals surface area contributed by atoms with Gasteiger partial charge in [-0.25, -0.2) is 8.42 Å². The highest BCUT2D eigenvalue weighted by molar-refractivity contribution is 7.89. The predicted octanol–water partition coefficient (Wildman–Crippen LogP) is 2.72. The SMILES string of the molecule is C=C1CCC(C)N(S(=O)(=O)c2ccc(C)cc2)C1. The van der Waals surface area contributed by atoms with E-state index in [1.54, 1.807) is 16.4 Å². The number of sulfonamides is 1. The molecule has 1 aliphatic heterocycles. The zero-order valence-corrected chi connectivity index (χ0v) is 11.7. The highest BCUT2D eigenvalue weighted by Gasteiger charge is 2.31. The minimum Gasteiger partial charge on any atom is -0.207 e. The molecule has 0 aliphatic carbocycles. The maximum absolute atomic E-state index is 12.5. The quantitative estimate of drug-likeness (QED) is 0.771. The molecule has 0 saturated carbocycles. The molecule has 0 aromatic heterocycles. The van der Waals surface area contributed by atoms with Crippen molar-refractivity contribution in [1.29, 1.82) is 0 Å². The van der Waals surface area contributed by atoms with E-state index in [0.717, 1.165) is 24.0 Å². The van der Waals surface area contributed by atoms with Crippen LogP contribution in [0.3, 0.4) is 0 Å². The molecule has 2 rings (SSSR count). The van der Waals surface area contributed by atoms with Gasteiger partial charge in [0.25, 0.3) is 0 Å². The van der Waals surface area contributed by atoms with Gasteiger partial charge < -0.3 is 0 Å². The van der Waals surface area contributed by atoms with E-state index in [9.17, 15) is 8.42 Å². The van der Waals surface area contributed by atoms with Crippen molar-refractivity contribution in [3.63, 3.8) is 0 Å². The molecule has 0 N–H and O–H groups in total. The third-order valence-electron chi connectivity index (χ3n) is 3.41. The Labute approximate surface area is 109 Å². The molecule has 1 fully saturated rings.